The minimum absolute atomic E-state index is 0.00505. The van der Waals surface area contributed by atoms with E-state index in [-0.39, 0.29) is 36.5 Å². The van der Waals surface area contributed by atoms with Crippen LogP contribution in [0.15, 0.2) is 79.0 Å². The topological polar surface area (TPSA) is 207 Å². The predicted molar refractivity (Wildman–Crippen MR) is 171 cm³/mol. The Kier molecular flexibility index (Phi) is 11.1. The maximum absolute atomic E-state index is 13.4. The number of carboxylic acids is 1. The second kappa shape index (κ2) is 15.1. The van der Waals surface area contributed by atoms with Gasteiger partial charge in [-0.25, -0.2) is 4.79 Å². The highest BCUT2D eigenvalue weighted by atomic mass is 32.1. The average molecular weight is 634 g/mol. The van der Waals surface area contributed by atoms with Crippen LogP contribution in [0.4, 0.5) is 0 Å². The lowest BCUT2D eigenvalue weighted by atomic mass is 10.0. The number of phenols is 2. The summed E-state index contributed by atoms with van der Waals surface area (Å²) in [7, 11) is 0. The first-order valence-electron chi connectivity index (χ1n) is 14.1. The number of fused-ring (bicyclic) bond motifs is 1. The molecule has 4 aromatic rings. The summed E-state index contributed by atoms with van der Waals surface area (Å²) in [6, 6.07) is 14.7. The molecule has 0 aliphatic rings. The smallest absolute Gasteiger partial charge is 0.326 e. The van der Waals surface area contributed by atoms with Gasteiger partial charge in [0.2, 0.25) is 17.7 Å². The highest BCUT2D eigenvalue weighted by Gasteiger charge is 2.30. The number of rotatable bonds is 14. The van der Waals surface area contributed by atoms with E-state index < -0.39 is 47.9 Å². The number of benzene rings is 3. The van der Waals surface area contributed by atoms with E-state index in [2.05, 4.69) is 33.6 Å². The van der Waals surface area contributed by atoms with Crippen molar-refractivity contribution in [3.05, 3.63) is 95.7 Å². The molecule has 3 aromatic carbocycles. The van der Waals surface area contributed by atoms with Crippen LogP contribution in [0.2, 0.25) is 0 Å². The SMILES string of the molecule is NC(Cc1c[nH]c2ccccc12)C(=O)NC(CS)C(=O)NC(Cc1ccc(O)cc1)C(=O)NC(Cc1ccc(O)cc1)C(=O)O. The van der Waals surface area contributed by atoms with Crippen LogP contribution in [0.3, 0.4) is 0 Å². The molecule has 0 radical (unpaired) electrons. The van der Waals surface area contributed by atoms with Crippen molar-refractivity contribution in [3.63, 3.8) is 0 Å². The van der Waals surface area contributed by atoms with Crippen LogP contribution in [0.25, 0.3) is 10.9 Å². The van der Waals surface area contributed by atoms with E-state index in [1.54, 1.807) is 18.3 Å². The molecule has 45 heavy (non-hydrogen) atoms. The summed E-state index contributed by atoms with van der Waals surface area (Å²) >= 11 is 4.22. The summed E-state index contributed by atoms with van der Waals surface area (Å²) in [4.78, 5) is 54.9. The van der Waals surface area contributed by atoms with Crippen molar-refractivity contribution in [2.24, 2.45) is 5.73 Å². The number of nitrogens with two attached hydrogens (primary N) is 1. The number of nitrogens with one attached hydrogen (secondary N) is 4. The van der Waals surface area contributed by atoms with Gasteiger partial charge >= 0.3 is 5.97 Å². The maximum Gasteiger partial charge on any atom is 0.326 e. The molecule has 12 nitrogen and oxygen atoms in total. The number of thiol groups is 1. The van der Waals surface area contributed by atoms with Crippen LogP contribution in [0.5, 0.6) is 11.5 Å². The highest BCUT2D eigenvalue weighted by Crippen LogP contribution is 2.19. The second-order valence-corrected chi connectivity index (χ2v) is 11.0. The number of para-hydroxylation sites is 1. The van der Waals surface area contributed by atoms with Crippen LogP contribution >= 0.6 is 12.6 Å². The van der Waals surface area contributed by atoms with Gasteiger partial charge in [0.05, 0.1) is 6.04 Å². The number of hydrogen-bond acceptors (Lipinski definition) is 8. The highest BCUT2D eigenvalue weighted by molar-refractivity contribution is 7.80. The first-order valence-corrected chi connectivity index (χ1v) is 14.8. The largest absolute Gasteiger partial charge is 0.508 e. The Labute approximate surface area is 264 Å². The molecule has 4 unspecified atom stereocenters. The molecule has 0 bridgehead atoms. The molecular weight excluding hydrogens is 598 g/mol. The number of amides is 3. The van der Waals surface area contributed by atoms with Crippen LogP contribution in [0.1, 0.15) is 16.7 Å². The molecule has 0 saturated carbocycles. The average Bonchev–Trinajstić information content (AvgIpc) is 3.43. The van der Waals surface area contributed by atoms with E-state index in [9.17, 15) is 34.5 Å². The van der Waals surface area contributed by atoms with Gasteiger partial charge in [-0.15, -0.1) is 0 Å². The van der Waals surface area contributed by atoms with Gasteiger partial charge in [-0.3, -0.25) is 14.4 Å². The number of aliphatic carboxylic acids is 1. The van der Waals surface area contributed by atoms with Gasteiger partial charge < -0.3 is 42.0 Å². The number of aromatic nitrogens is 1. The van der Waals surface area contributed by atoms with E-state index in [0.717, 1.165) is 16.5 Å². The van der Waals surface area contributed by atoms with Crippen molar-refractivity contribution < 1.29 is 34.5 Å². The van der Waals surface area contributed by atoms with Crippen molar-refractivity contribution in [2.75, 3.05) is 5.75 Å². The van der Waals surface area contributed by atoms with Crippen LogP contribution < -0.4 is 21.7 Å². The van der Waals surface area contributed by atoms with Crippen molar-refractivity contribution >= 4 is 47.2 Å². The molecule has 4 rings (SSSR count). The molecule has 13 heteroatoms. The van der Waals surface area contributed by atoms with Crippen molar-refractivity contribution in [3.8, 4) is 11.5 Å². The van der Waals surface area contributed by atoms with E-state index >= 15 is 0 Å². The van der Waals surface area contributed by atoms with Gasteiger partial charge in [0, 0.05) is 35.7 Å². The minimum Gasteiger partial charge on any atom is -0.508 e. The molecule has 1 aromatic heterocycles. The predicted octanol–water partition coefficient (Wildman–Crippen LogP) is 1.40. The fraction of sp³-hybridized carbons (Fsp3) is 0.250. The Morgan fingerprint density at radius 1 is 0.711 bits per heavy atom. The number of aromatic hydroxyl groups is 2. The molecule has 0 spiro atoms. The number of carbonyl (C=O) groups excluding carboxylic acids is 3. The Morgan fingerprint density at radius 2 is 1.22 bits per heavy atom. The molecule has 236 valence electrons. The van der Waals surface area contributed by atoms with E-state index in [1.807, 2.05) is 24.3 Å². The zero-order valence-electron chi connectivity index (χ0n) is 24.1. The molecule has 0 aliphatic carbocycles. The third-order valence-electron chi connectivity index (χ3n) is 7.27. The van der Waals surface area contributed by atoms with E-state index in [0.29, 0.717) is 11.1 Å². The molecule has 3 amide bonds. The molecule has 0 aliphatic heterocycles. The van der Waals surface area contributed by atoms with Gasteiger partial charge in [-0.2, -0.15) is 12.6 Å². The third kappa shape index (κ3) is 9.00. The van der Waals surface area contributed by atoms with Gasteiger partial charge in [-0.1, -0.05) is 42.5 Å². The fourth-order valence-electron chi connectivity index (χ4n) is 4.79. The second-order valence-electron chi connectivity index (χ2n) is 10.6. The molecule has 1 heterocycles. The summed E-state index contributed by atoms with van der Waals surface area (Å²) in [6.07, 6.45) is 1.86. The van der Waals surface area contributed by atoms with Crippen LogP contribution in [-0.2, 0) is 38.4 Å². The lowest BCUT2D eigenvalue weighted by Gasteiger charge is -2.25. The first kappa shape index (κ1) is 32.9. The monoisotopic (exact) mass is 633 g/mol. The van der Waals surface area contributed by atoms with Gasteiger partial charge in [0.25, 0.3) is 0 Å². The Balaban J connectivity index is 1.45. The summed E-state index contributed by atoms with van der Waals surface area (Å²) in [5, 5.41) is 37.6. The molecule has 4 atom stereocenters. The number of carbonyl (C=O) groups is 4. The summed E-state index contributed by atoms with van der Waals surface area (Å²) in [5.74, 6) is -3.47. The minimum atomic E-state index is -1.34. The summed E-state index contributed by atoms with van der Waals surface area (Å²) in [5.41, 5.74) is 9.06. The lowest BCUT2D eigenvalue weighted by molar-refractivity contribution is -0.142. The van der Waals surface area contributed by atoms with Crippen LogP contribution in [-0.4, -0.2) is 73.9 Å². The standard InChI is InChI=1S/C32H35N5O7S/c33-24(15-20-16-34-25-4-2-1-3-23(20)25)29(40)37-28(17-45)31(42)35-26(13-18-5-9-21(38)10-6-18)30(41)36-27(32(43)44)14-19-7-11-22(39)12-8-19/h1-12,16,24,26-28,34,38-39,45H,13-15,17,33H2,(H,35,42)(H,36,41)(H,37,40)(H,43,44). The maximum atomic E-state index is 13.4. The normalized spacial score (nSPS) is 13.7. The van der Waals surface area contributed by atoms with E-state index in [4.69, 9.17) is 5.73 Å². The molecular formula is C32H35N5O7S. The van der Waals surface area contributed by atoms with Crippen LogP contribution in [0, 0.1) is 0 Å². The van der Waals surface area contributed by atoms with Crippen molar-refractivity contribution in [1.82, 2.24) is 20.9 Å². The van der Waals surface area contributed by atoms with Gasteiger partial charge in [0.15, 0.2) is 0 Å². The molecule has 0 fully saturated rings. The number of phenolic OH excluding ortho intramolecular Hbond substituents is 2. The number of aromatic amines is 1. The summed E-state index contributed by atoms with van der Waals surface area (Å²) < 4.78 is 0. The Hall–Kier alpha value is -5.01. The quantitative estimate of drug-likeness (QED) is 0.0926. The van der Waals surface area contributed by atoms with Gasteiger partial charge in [0.1, 0.15) is 29.6 Å². The fourth-order valence-corrected chi connectivity index (χ4v) is 5.05. The zero-order chi connectivity index (χ0) is 32.5. The number of hydrogen-bond donors (Lipinski definition) is 9. The lowest BCUT2D eigenvalue weighted by Crippen LogP contribution is -2.58. The Morgan fingerprint density at radius 3 is 1.80 bits per heavy atom. The first-order chi connectivity index (χ1) is 21.5. The summed E-state index contributed by atoms with van der Waals surface area (Å²) in [6.45, 7) is 0. The zero-order valence-corrected chi connectivity index (χ0v) is 25.0. The van der Waals surface area contributed by atoms with E-state index in [1.165, 1.54) is 36.4 Å². The van der Waals surface area contributed by atoms with Crippen molar-refractivity contribution in [1.29, 1.82) is 0 Å². The number of carboxylic acid groups (broad SMARTS) is 1. The third-order valence-corrected chi connectivity index (χ3v) is 7.63. The molecule has 0 saturated heterocycles. The van der Waals surface area contributed by atoms with Gasteiger partial charge in [-0.05, 0) is 53.4 Å². The van der Waals surface area contributed by atoms with Crippen molar-refractivity contribution in [2.45, 2.75) is 43.4 Å². The molecule has 9 N–H and O–H groups in total. The Bertz CT molecular complexity index is 1640. The number of H-pyrrole nitrogens is 1.